The number of benzene rings is 1. The largest absolute Gasteiger partial charge is 0.356 e. The molecule has 2 nitrogen and oxygen atoms in total. The standard InChI is InChI=1S/C14H22O2/c1-5-16-14(15-4)10-12-6-8-13(9-7-12)11(2)3/h6-9,11,14H,5,10H2,1-4H3. The van der Waals surface area contributed by atoms with Crippen LogP contribution < -0.4 is 0 Å². The first-order chi connectivity index (χ1) is 7.67. The molecule has 1 rings (SSSR count). The molecular weight excluding hydrogens is 200 g/mol. The molecule has 16 heavy (non-hydrogen) atoms. The Kier molecular flexibility index (Phi) is 5.50. The quantitative estimate of drug-likeness (QED) is 0.687. The number of hydrogen-bond acceptors (Lipinski definition) is 2. The van der Waals surface area contributed by atoms with E-state index in [0.717, 1.165) is 6.42 Å². The van der Waals surface area contributed by atoms with Gasteiger partial charge in [-0.3, -0.25) is 0 Å². The van der Waals surface area contributed by atoms with Crippen molar-refractivity contribution in [1.29, 1.82) is 0 Å². The molecule has 0 aliphatic heterocycles. The third kappa shape index (κ3) is 3.95. The minimum atomic E-state index is -0.130. The van der Waals surface area contributed by atoms with E-state index in [1.807, 2.05) is 6.92 Å². The summed E-state index contributed by atoms with van der Waals surface area (Å²) in [5.74, 6) is 0.583. The van der Waals surface area contributed by atoms with Crippen molar-refractivity contribution in [2.75, 3.05) is 13.7 Å². The Labute approximate surface area is 98.6 Å². The van der Waals surface area contributed by atoms with E-state index in [1.54, 1.807) is 7.11 Å². The van der Waals surface area contributed by atoms with Crippen LogP contribution in [-0.4, -0.2) is 20.0 Å². The lowest BCUT2D eigenvalue weighted by Crippen LogP contribution is -2.18. The summed E-state index contributed by atoms with van der Waals surface area (Å²) in [5, 5.41) is 0. The van der Waals surface area contributed by atoms with Gasteiger partial charge in [0.15, 0.2) is 6.29 Å². The fraction of sp³-hybridized carbons (Fsp3) is 0.571. The van der Waals surface area contributed by atoms with Crippen LogP contribution in [0.15, 0.2) is 24.3 Å². The van der Waals surface area contributed by atoms with Crippen LogP contribution in [-0.2, 0) is 15.9 Å². The molecule has 1 aromatic carbocycles. The van der Waals surface area contributed by atoms with E-state index in [4.69, 9.17) is 9.47 Å². The van der Waals surface area contributed by atoms with Gasteiger partial charge >= 0.3 is 0 Å². The smallest absolute Gasteiger partial charge is 0.161 e. The molecule has 0 spiro atoms. The summed E-state index contributed by atoms with van der Waals surface area (Å²) in [7, 11) is 1.68. The molecule has 0 radical (unpaired) electrons. The maximum absolute atomic E-state index is 5.45. The van der Waals surface area contributed by atoms with Crippen LogP contribution in [0.25, 0.3) is 0 Å². The monoisotopic (exact) mass is 222 g/mol. The average molecular weight is 222 g/mol. The van der Waals surface area contributed by atoms with Crippen LogP contribution >= 0.6 is 0 Å². The zero-order valence-corrected chi connectivity index (χ0v) is 10.7. The second-order valence-electron chi connectivity index (χ2n) is 4.22. The lowest BCUT2D eigenvalue weighted by molar-refractivity contribution is -0.118. The summed E-state index contributed by atoms with van der Waals surface area (Å²) in [5.41, 5.74) is 2.62. The van der Waals surface area contributed by atoms with E-state index in [2.05, 4.69) is 38.1 Å². The average Bonchev–Trinajstić information content (AvgIpc) is 2.29. The molecule has 2 heteroatoms. The Morgan fingerprint density at radius 3 is 2.19 bits per heavy atom. The molecule has 0 saturated carbocycles. The molecule has 1 aromatic rings. The van der Waals surface area contributed by atoms with Crippen LogP contribution in [0, 0.1) is 0 Å². The zero-order valence-electron chi connectivity index (χ0n) is 10.7. The van der Waals surface area contributed by atoms with Gasteiger partial charge in [-0.15, -0.1) is 0 Å². The first kappa shape index (κ1) is 13.2. The van der Waals surface area contributed by atoms with E-state index in [-0.39, 0.29) is 6.29 Å². The van der Waals surface area contributed by atoms with E-state index in [1.165, 1.54) is 11.1 Å². The van der Waals surface area contributed by atoms with Crippen molar-refractivity contribution in [3.05, 3.63) is 35.4 Å². The Morgan fingerprint density at radius 2 is 1.75 bits per heavy atom. The summed E-state index contributed by atoms with van der Waals surface area (Å²) in [6.07, 6.45) is 0.679. The van der Waals surface area contributed by atoms with Crippen molar-refractivity contribution in [2.45, 2.75) is 39.4 Å². The van der Waals surface area contributed by atoms with Crippen molar-refractivity contribution in [3.8, 4) is 0 Å². The van der Waals surface area contributed by atoms with Crippen LogP contribution in [0.1, 0.15) is 37.8 Å². The topological polar surface area (TPSA) is 18.5 Å². The normalized spacial score (nSPS) is 13.1. The SMILES string of the molecule is CCOC(Cc1ccc(C(C)C)cc1)OC. The Bertz CT molecular complexity index is 290. The second-order valence-corrected chi connectivity index (χ2v) is 4.22. The summed E-state index contributed by atoms with van der Waals surface area (Å²) in [4.78, 5) is 0. The van der Waals surface area contributed by atoms with Gasteiger partial charge in [-0.2, -0.15) is 0 Å². The molecule has 1 unspecified atom stereocenters. The van der Waals surface area contributed by atoms with Gasteiger partial charge < -0.3 is 9.47 Å². The van der Waals surface area contributed by atoms with Gasteiger partial charge in [-0.05, 0) is 24.0 Å². The molecule has 0 fully saturated rings. The van der Waals surface area contributed by atoms with E-state index in [9.17, 15) is 0 Å². The van der Waals surface area contributed by atoms with Gasteiger partial charge in [0.2, 0.25) is 0 Å². The lowest BCUT2D eigenvalue weighted by atomic mass is 10.0. The molecule has 0 aliphatic carbocycles. The highest BCUT2D eigenvalue weighted by molar-refractivity contribution is 5.24. The van der Waals surface area contributed by atoms with E-state index in [0.29, 0.717) is 12.5 Å². The van der Waals surface area contributed by atoms with Gasteiger partial charge in [0.05, 0.1) is 0 Å². The van der Waals surface area contributed by atoms with Gasteiger partial charge in [0.1, 0.15) is 0 Å². The van der Waals surface area contributed by atoms with Crippen molar-refractivity contribution in [1.82, 2.24) is 0 Å². The van der Waals surface area contributed by atoms with Gasteiger partial charge in [-0.1, -0.05) is 38.1 Å². The predicted octanol–water partition coefficient (Wildman–Crippen LogP) is 3.36. The molecule has 0 amide bonds. The number of ether oxygens (including phenoxy) is 2. The van der Waals surface area contributed by atoms with Crippen LogP contribution in [0.5, 0.6) is 0 Å². The van der Waals surface area contributed by atoms with Crippen molar-refractivity contribution >= 4 is 0 Å². The summed E-state index contributed by atoms with van der Waals surface area (Å²) in [6, 6.07) is 8.66. The fourth-order valence-corrected chi connectivity index (χ4v) is 1.63. The van der Waals surface area contributed by atoms with Crippen molar-refractivity contribution < 1.29 is 9.47 Å². The fourth-order valence-electron chi connectivity index (χ4n) is 1.63. The van der Waals surface area contributed by atoms with Gasteiger partial charge in [0, 0.05) is 20.1 Å². The third-order valence-corrected chi connectivity index (χ3v) is 2.66. The van der Waals surface area contributed by atoms with E-state index >= 15 is 0 Å². The van der Waals surface area contributed by atoms with E-state index < -0.39 is 0 Å². The minimum absolute atomic E-state index is 0.130. The summed E-state index contributed by atoms with van der Waals surface area (Å²) in [6.45, 7) is 7.07. The number of methoxy groups -OCH3 is 1. The Morgan fingerprint density at radius 1 is 1.12 bits per heavy atom. The predicted molar refractivity (Wildman–Crippen MR) is 66.7 cm³/mol. The van der Waals surface area contributed by atoms with Crippen molar-refractivity contribution in [3.63, 3.8) is 0 Å². The highest BCUT2D eigenvalue weighted by Gasteiger charge is 2.07. The zero-order chi connectivity index (χ0) is 12.0. The second kappa shape index (κ2) is 6.66. The Balaban J connectivity index is 2.60. The molecular formula is C14H22O2. The molecule has 90 valence electrons. The molecule has 0 aromatic heterocycles. The minimum Gasteiger partial charge on any atom is -0.356 e. The molecule has 0 aliphatic rings. The molecule has 0 heterocycles. The van der Waals surface area contributed by atoms with Crippen LogP contribution in [0.3, 0.4) is 0 Å². The number of hydrogen-bond donors (Lipinski definition) is 0. The van der Waals surface area contributed by atoms with Crippen LogP contribution in [0.4, 0.5) is 0 Å². The van der Waals surface area contributed by atoms with Gasteiger partial charge in [0.25, 0.3) is 0 Å². The van der Waals surface area contributed by atoms with Crippen LogP contribution in [0.2, 0.25) is 0 Å². The highest BCUT2D eigenvalue weighted by atomic mass is 16.7. The summed E-state index contributed by atoms with van der Waals surface area (Å²) < 4.78 is 10.7. The molecule has 1 atom stereocenters. The maximum atomic E-state index is 5.45. The molecule has 0 N–H and O–H groups in total. The first-order valence-electron chi connectivity index (χ1n) is 5.90. The van der Waals surface area contributed by atoms with Crippen molar-refractivity contribution in [2.24, 2.45) is 0 Å². The number of rotatable bonds is 6. The lowest BCUT2D eigenvalue weighted by Gasteiger charge is -2.15. The van der Waals surface area contributed by atoms with Gasteiger partial charge in [-0.25, -0.2) is 0 Å². The highest BCUT2D eigenvalue weighted by Crippen LogP contribution is 2.16. The summed E-state index contributed by atoms with van der Waals surface area (Å²) >= 11 is 0. The maximum Gasteiger partial charge on any atom is 0.161 e. The third-order valence-electron chi connectivity index (χ3n) is 2.66. The molecule has 0 bridgehead atoms. The Hall–Kier alpha value is -0.860. The first-order valence-corrected chi connectivity index (χ1v) is 5.90. The molecule has 0 saturated heterocycles.